The van der Waals surface area contributed by atoms with Gasteiger partial charge in [-0.15, -0.1) is 0 Å². The lowest BCUT2D eigenvalue weighted by Crippen LogP contribution is -2.40. The van der Waals surface area contributed by atoms with Crippen LogP contribution < -0.4 is 5.32 Å². The fraction of sp³-hybridized carbons (Fsp3) is 0.474. The van der Waals surface area contributed by atoms with Crippen molar-refractivity contribution in [1.82, 2.24) is 5.32 Å². The van der Waals surface area contributed by atoms with E-state index in [1.54, 1.807) is 6.07 Å². The van der Waals surface area contributed by atoms with Crippen molar-refractivity contribution < 1.29 is 19.1 Å². The van der Waals surface area contributed by atoms with Crippen molar-refractivity contribution >= 4 is 17.8 Å². The van der Waals surface area contributed by atoms with E-state index in [0.717, 1.165) is 36.8 Å². The Balaban J connectivity index is 1.64. The van der Waals surface area contributed by atoms with E-state index >= 15 is 0 Å². The molecule has 0 aromatic heterocycles. The number of ether oxygens (including phenoxy) is 2. The van der Waals surface area contributed by atoms with Gasteiger partial charge in [-0.05, 0) is 58.1 Å². The lowest BCUT2D eigenvalue weighted by molar-refractivity contribution is 0.0496. The molecule has 1 amide bonds. The van der Waals surface area contributed by atoms with E-state index in [1.807, 2.05) is 39.0 Å². The van der Waals surface area contributed by atoms with Gasteiger partial charge in [-0.3, -0.25) is 0 Å². The molecule has 2 aliphatic rings. The number of carbonyl (C=O) groups excluding carboxylic acids is 2. The lowest BCUT2D eigenvalue weighted by Gasteiger charge is -2.27. The minimum atomic E-state index is -0.492. The van der Waals surface area contributed by atoms with Gasteiger partial charge in [-0.25, -0.2) is 9.59 Å². The average molecular weight is 329 g/mol. The molecule has 1 aromatic carbocycles. The number of amides is 1. The Morgan fingerprint density at radius 1 is 1.17 bits per heavy atom. The summed E-state index contributed by atoms with van der Waals surface area (Å²) in [4.78, 5) is 23.8. The third-order valence-corrected chi connectivity index (χ3v) is 4.22. The number of cyclic esters (lactones) is 1. The molecule has 0 saturated heterocycles. The SMILES string of the molecule is CC(C)(C)OC(=O)NC1CCC(=C2OC(=O)c3ccccc32)CC1. The van der Waals surface area contributed by atoms with Gasteiger partial charge in [0.1, 0.15) is 11.4 Å². The Morgan fingerprint density at radius 3 is 2.42 bits per heavy atom. The van der Waals surface area contributed by atoms with Gasteiger partial charge < -0.3 is 14.8 Å². The average Bonchev–Trinajstić information content (AvgIpc) is 2.84. The maximum absolute atomic E-state index is 11.9. The maximum atomic E-state index is 11.9. The Bertz CT molecular complexity index is 690. The molecule has 5 heteroatoms. The number of alkyl carbamates (subject to hydrolysis) is 1. The van der Waals surface area contributed by atoms with E-state index in [4.69, 9.17) is 9.47 Å². The second-order valence-electron chi connectivity index (χ2n) is 7.29. The van der Waals surface area contributed by atoms with E-state index in [0.29, 0.717) is 11.3 Å². The Morgan fingerprint density at radius 2 is 1.79 bits per heavy atom. The number of benzene rings is 1. The summed E-state index contributed by atoms with van der Waals surface area (Å²) < 4.78 is 10.8. The van der Waals surface area contributed by atoms with E-state index < -0.39 is 5.60 Å². The quantitative estimate of drug-likeness (QED) is 0.790. The van der Waals surface area contributed by atoms with Crippen LogP contribution >= 0.6 is 0 Å². The zero-order chi connectivity index (χ0) is 17.3. The van der Waals surface area contributed by atoms with Gasteiger partial charge in [-0.2, -0.15) is 0 Å². The summed E-state index contributed by atoms with van der Waals surface area (Å²) in [6.07, 6.45) is 2.87. The molecular weight excluding hydrogens is 306 g/mol. The minimum absolute atomic E-state index is 0.0940. The van der Waals surface area contributed by atoms with Gasteiger partial charge in [0.05, 0.1) is 5.56 Å². The minimum Gasteiger partial charge on any atom is -0.444 e. The molecule has 3 rings (SSSR count). The lowest BCUT2D eigenvalue weighted by atomic mass is 9.88. The molecule has 128 valence electrons. The first kappa shape index (κ1) is 16.6. The van der Waals surface area contributed by atoms with E-state index in [-0.39, 0.29) is 18.1 Å². The van der Waals surface area contributed by atoms with Crippen molar-refractivity contribution in [2.75, 3.05) is 0 Å². The first-order valence-corrected chi connectivity index (χ1v) is 8.36. The number of rotatable bonds is 1. The van der Waals surface area contributed by atoms with Gasteiger partial charge in [0.2, 0.25) is 0 Å². The highest BCUT2D eigenvalue weighted by molar-refractivity contribution is 6.03. The van der Waals surface area contributed by atoms with Crippen LogP contribution in [-0.2, 0) is 9.47 Å². The molecule has 0 unspecified atom stereocenters. The highest BCUT2D eigenvalue weighted by atomic mass is 16.6. The van der Waals surface area contributed by atoms with E-state index in [2.05, 4.69) is 5.32 Å². The molecule has 0 bridgehead atoms. The molecule has 0 radical (unpaired) electrons. The van der Waals surface area contributed by atoms with E-state index in [9.17, 15) is 9.59 Å². The second-order valence-corrected chi connectivity index (χ2v) is 7.29. The first-order valence-electron chi connectivity index (χ1n) is 8.36. The van der Waals surface area contributed by atoms with Crippen LogP contribution in [0.4, 0.5) is 4.79 Å². The number of nitrogens with one attached hydrogen (secondary N) is 1. The molecule has 5 nitrogen and oxygen atoms in total. The number of allylic oxidation sites excluding steroid dienone is 1. The third-order valence-electron chi connectivity index (χ3n) is 4.22. The fourth-order valence-electron chi connectivity index (χ4n) is 3.14. The number of hydrogen-bond acceptors (Lipinski definition) is 4. The predicted molar refractivity (Wildman–Crippen MR) is 90.4 cm³/mol. The summed E-state index contributed by atoms with van der Waals surface area (Å²) in [5, 5.41) is 2.92. The van der Waals surface area contributed by atoms with Crippen molar-refractivity contribution in [2.45, 2.75) is 58.1 Å². The van der Waals surface area contributed by atoms with Gasteiger partial charge in [0.15, 0.2) is 0 Å². The van der Waals surface area contributed by atoms with E-state index in [1.165, 1.54) is 0 Å². The summed E-state index contributed by atoms with van der Waals surface area (Å²) in [5.41, 5.74) is 2.17. The molecule has 1 aromatic rings. The van der Waals surface area contributed by atoms with Crippen molar-refractivity contribution in [3.05, 3.63) is 41.0 Å². The fourth-order valence-corrected chi connectivity index (χ4v) is 3.14. The van der Waals surface area contributed by atoms with Crippen molar-refractivity contribution in [1.29, 1.82) is 0 Å². The second kappa shape index (κ2) is 6.30. The number of esters is 1. The summed E-state index contributed by atoms with van der Waals surface area (Å²) in [6.45, 7) is 5.55. The summed E-state index contributed by atoms with van der Waals surface area (Å²) in [6, 6.07) is 7.57. The first-order chi connectivity index (χ1) is 11.3. The number of fused-ring (bicyclic) bond motifs is 1. The van der Waals surface area contributed by atoms with Crippen LogP contribution in [0.5, 0.6) is 0 Å². The Hall–Kier alpha value is -2.30. The summed E-state index contributed by atoms with van der Waals surface area (Å²) >= 11 is 0. The maximum Gasteiger partial charge on any atom is 0.407 e. The summed E-state index contributed by atoms with van der Waals surface area (Å²) in [7, 11) is 0. The summed E-state index contributed by atoms with van der Waals surface area (Å²) in [5.74, 6) is 0.438. The molecule has 1 saturated carbocycles. The van der Waals surface area contributed by atoms with Crippen LogP contribution in [0.2, 0.25) is 0 Å². The molecule has 1 N–H and O–H groups in total. The van der Waals surface area contributed by atoms with Gasteiger partial charge in [0.25, 0.3) is 0 Å². The van der Waals surface area contributed by atoms with Gasteiger partial charge in [-0.1, -0.05) is 18.2 Å². The number of carbonyl (C=O) groups is 2. The largest absolute Gasteiger partial charge is 0.444 e. The van der Waals surface area contributed by atoms with Crippen LogP contribution in [0.25, 0.3) is 5.76 Å². The van der Waals surface area contributed by atoms with Crippen molar-refractivity contribution in [3.8, 4) is 0 Å². The van der Waals surface area contributed by atoms with Gasteiger partial charge in [0, 0.05) is 11.6 Å². The zero-order valence-electron chi connectivity index (χ0n) is 14.3. The highest BCUT2D eigenvalue weighted by Gasteiger charge is 2.30. The van der Waals surface area contributed by atoms with Crippen LogP contribution in [0.3, 0.4) is 0 Å². The normalized spacial score (nSPS) is 20.5. The van der Waals surface area contributed by atoms with Crippen LogP contribution in [0, 0.1) is 0 Å². The van der Waals surface area contributed by atoms with Gasteiger partial charge >= 0.3 is 12.1 Å². The molecule has 24 heavy (non-hydrogen) atoms. The third kappa shape index (κ3) is 3.61. The molecule has 1 aliphatic carbocycles. The predicted octanol–water partition coefficient (Wildman–Crippen LogP) is 4.04. The molecule has 0 spiro atoms. The zero-order valence-corrected chi connectivity index (χ0v) is 14.3. The highest BCUT2D eigenvalue weighted by Crippen LogP contribution is 2.37. The number of hydrogen-bond donors (Lipinski definition) is 1. The Kier molecular flexibility index (Phi) is 4.35. The van der Waals surface area contributed by atoms with Crippen molar-refractivity contribution in [3.63, 3.8) is 0 Å². The standard InChI is InChI=1S/C19H23NO4/c1-19(2,3)24-18(22)20-13-10-8-12(9-11-13)16-14-6-4-5-7-15(14)17(21)23-16/h4-7,13H,8-11H2,1-3H3,(H,20,22). The molecule has 1 fully saturated rings. The molecule has 1 aliphatic heterocycles. The molecular formula is C19H23NO4. The monoisotopic (exact) mass is 329 g/mol. The van der Waals surface area contributed by atoms with Crippen LogP contribution in [0.15, 0.2) is 29.8 Å². The molecule has 0 atom stereocenters. The van der Waals surface area contributed by atoms with Crippen LogP contribution in [-0.4, -0.2) is 23.7 Å². The smallest absolute Gasteiger partial charge is 0.407 e. The topological polar surface area (TPSA) is 64.6 Å². The van der Waals surface area contributed by atoms with Crippen LogP contribution in [0.1, 0.15) is 62.4 Å². The Labute approximate surface area is 142 Å². The molecule has 1 heterocycles. The van der Waals surface area contributed by atoms with Crippen molar-refractivity contribution in [2.24, 2.45) is 0 Å².